The topological polar surface area (TPSA) is 44.2 Å². The van der Waals surface area contributed by atoms with E-state index in [0.29, 0.717) is 0 Å². The summed E-state index contributed by atoms with van der Waals surface area (Å²) in [6.07, 6.45) is 20.9. The first kappa shape index (κ1) is 27.6. The van der Waals surface area contributed by atoms with Gasteiger partial charge in [0.15, 0.2) is 0 Å². The molecule has 3 N–H and O–H groups in total. The number of hydrogen-bond acceptors (Lipinski definition) is 2. The fourth-order valence-electron chi connectivity index (χ4n) is 3.78. The maximum atomic E-state index is 6.28. The molecule has 28 heavy (non-hydrogen) atoms. The van der Waals surface area contributed by atoms with Crippen LogP contribution in [0.5, 0.6) is 0 Å². The molecule has 0 aliphatic rings. The van der Waals surface area contributed by atoms with Gasteiger partial charge in [-0.15, -0.1) is 0 Å². The first-order valence-corrected chi connectivity index (χ1v) is 14.9. The van der Waals surface area contributed by atoms with Crippen molar-refractivity contribution in [2.45, 2.75) is 103 Å². The molecule has 0 saturated heterocycles. The summed E-state index contributed by atoms with van der Waals surface area (Å²) in [6.45, 7) is 7.96. The minimum Gasteiger partial charge on any atom is -0.344 e. The Kier molecular flexibility index (Phi) is 18.3. The second kappa shape index (κ2) is 18.6. The molecule has 1 aromatic carbocycles. The Morgan fingerprint density at radius 1 is 0.643 bits per heavy atom. The van der Waals surface area contributed by atoms with Crippen LogP contribution in [0.25, 0.3) is 0 Å². The molecule has 0 atom stereocenters. The van der Waals surface area contributed by atoms with E-state index in [1.165, 1.54) is 95.5 Å². The molecule has 0 amide bonds. The fourth-order valence-corrected chi connectivity index (χ4v) is 5.80. The Morgan fingerprint density at radius 2 is 1.07 bits per heavy atom. The van der Waals surface area contributed by atoms with Crippen molar-refractivity contribution >= 4 is 7.49 Å². The molecule has 0 radical (unpaired) electrons. The van der Waals surface area contributed by atoms with Gasteiger partial charge in [0.05, 0.1) is 0 Å². The van der Waals surface area contributed by atoms with Gasteiger partial charge in [0, 0.05) is 0 Å². The monoisotopic (exact) mass is 411 g/mol. The summed E-state index contributed by atoms with van der Waals surface area (Å²) in [4.78, 5) is 0. The number of hydrogen-bond donors (Lipinski definition) is 1. The van der Waals surface area contributed by atoms with Gasteiger partial charge in [0.1, 0.15) is 0 Å². The Bertz CT molecular complexity index is 435. The molecule has 0 unspecified atom stereocenters. The summed E-state index contributed by atoms with van der Waals surface area (Å²) in [7, 11) is -1.55. The van der Waals surface area contributed by atoms with Crippen LogP contribution in [-0.4, -0.2) is 19.9 Å². The smallest absolute Gasteiger partial charge is 0.344 e. The Hall–Kier alpha value is -0.430. The molecule has 0 spiro atoms. The Morgan fingerprint density at radius 3 is 1.54 bits per heavy atom. The van der Waals surface area contributed by atoms with E-state index < -0.39 is 7.49 Å². The van der Waals surface area contributed by atoms with Gasteiger partial charge in [-0.3, -0.25) is 0 Å². The minimum atomic E-state index is -1.55. The molecule has 0 saturated carbocycles. The molecule has 0 fully saturated rings. The zero-order valence-electron chi connectivity index (χ0n) is 19.3. The summed E-state index contributed by atoms with van der Waals surface area (Å²) in [5.74, 6) is 0. The van der Waals surface area contributed by atoms with E-state index >= 15 is 0 Å². The average Bonchev–Trinajstić information content (AvgIpc) is 2.65. The summed E-state index contributed by atoms with van der Waals surface area (Å²) >= 11 is 0. The molecular weight excluding hydrogens is 361 g/mol. The molecule has 166 valence electrons. The SMILES string of the molecule is CCCCCCCCCCCCCCCCO[PH](C)(C)Cc1ccccc1.N. The van der Waals surface area contributed by atoms with Crippen LogP contribution in [0, 0.1) is 0 Å². The molecule has 0 aliphatic heterocycles. The van der Waals surface area contributed by atoms with Crippen molar-refractivity contribution in [2.75, 3.05) is 19.9 Å². The largest absolute Gasteiger partial charge is 0.344 e. The fraction of sp³-hybridized carbons (Fsp3) is 0.760. The van der Waals surface area contributed by atoms with Crippen molar-refractivity contribution in [2.24, 2.45) is 0 Å². The third-order valence-corrected chi connectivity index (χ3v) is 7.71. The van der Waals surface area contributed by atoms with Crippen LogP contribution in [0.2, 0.25) is 0 Å². The summed E-state index contributed by atoms with van der Waals surface area (Å²) in [5.41, 5.74) is 1.43. The third-order valence-electron chi connectivity index (χ3n) is 5.46. The van der Waals surface area contributed by atoms with Gasteiger partial charge in [-0.05, 0) is 0 Å². The average molecular weight is 412 g/mol. The van der Waals surface area contributed by atoms with Crippen molar-refractivity contribution in [3.8, 4) is 0 Å². The van der Waals surface area contributed by atoms with Crippen molar-refractivity contribution in [3.63, 3.8) is 0 Å². The van der Waals surface area contributed by atoms with Crippen LogP contribution in [0.4, 0.5) is 0 Å². The van der Waals surface area contributed by atoms with Crippen molar-refractivity contribution < 1.29 is 4.52 Å². The summed E-state index contributed by atoms with van der Waals surface area (Å²) in [6, 6.07) is 10.8. The number of unbranched alkanes of at least 4 members (excludes halogenated alkanes) is 13. The predicted octanol–water partition coefficient (Wildman–Crippen LogP) is 8.77. The van der Waals surface area contributed by atoms with E-state index in [-0.39, 0.29) is 6.15 Å². The standard InChI is InChI=1S/C25H47OP.H3N/c1-4-5-6-7-8-9-10-11-12-13-14-15-16-20-23-26-27(2,3)24-25-21-18-17-19-22-25;/h17-19,21-22,27H,4-16,20,23-24H2,1-3H3;1H3. The van der Waals surface area contributed by atoms with E-state index in [1.807, 2.05) is 0 Å². The predicted molar refractivity (Wildman–Crippen MR) is 132 cm³/mol. The molecule has 0 bridgehead atoms. The van der Waals surface area contributed by atoms with Crippen molar-refractivity contribution in [3.05, 3.63) is 35.9 Å². The summed E-state index contributed by atoms with van der Waals surface area (Å²) in [5, 5.41) is 0. The van der Waals surface area contributed by atoms with Crippen LogP contribution < -0.4 is 6.15 Å². The van der Waals surface area contributed by atoms with Crippen LogP contribution >= 0.6 is 7.49 Å². The number of rotatable bonds is 18. The van der Waals surface area contributed by atoms with Crippen LogP contribution in [0.1, 0.15) is 102 Å². The molecule has 0 aromatic heterocycles. The van der Waals surface area contributed by atoms with Gasteiger partial charge < -0.3 is 6.15 Å². The molecule has 0 heterocycles. The first-order valence-electron chi connectivity index (χ1n) is 11.8. The number of benzene rings is 1. The second-order valence-corrected chi connectivity index (χ2v) is 13.0. The zero-order chi connectivity index (χ0) is 19.6. The van der Waals surface area contributed by atoms with Gasteiger partial charge in [-0.25, -0.2) is 0 Å². The van der Waals surface area contributed by atoms with Crippen molar-refractivity contribution in [1.29, 1.82) is 0 Å². The Labute approximate surface area is 177 Å². The molecule has 0 aliphatic carbocycles. The third kappa shape index (κ3) is 16.5. The van der Waals surface area contributed by atoms with E-state index in [0.717, 1.165) is 12.8 Å². The maximum absolute atomic E-state index is 6.28. The zero-order valence-corrected chi connectivity index (χ0v) is 20.3. The van der Waals surface area contributed by atoms with Gasteiger partial charge in [-0.2, -0.15) is 0 Å². The van der Waals surface area contributed by atoms with E-state index in [9.17, 15) is 0 Å². The van der Waals surface area contributed by atoms with E-state index in [4.69, 9.17) is 4.52 Å². The second-order valence-electron chi connectivity index (χ2n) is 8.87. The van der Waals surface area contributed by atoms with E-state index in [1.54, 1.807) is 0 Å². The minimum absolute atomic E-state index is 0. The molecular formula is C25H50NOP. The van der Waals surface area contributed by atoms with Crippen molar-refractivity contribution in [1.82, 2.24) is 6.15 Å². The normalized spacial score (nSPS) is 12.0. The molecule has 1 rings (SSSR count). The molecule has 3 heteroatoms. The van der Waals surface area contributed by atoms with Crippen LogP contribution in [0.15, 0.2) is 30.3 Å². The van der Waals surface area contributed by atoms with Gasteiger partial charge in [0.25, 0.3) is 0 Å². The maximum Gasteiger partial charge on any atom is -0.344 e. The Balaban J connectivity index is 0.00000729. The first-order chi connectivity index (χ1) is 13.1. The quantitative estimate of drug-likeness (QED) is 0.194. The molecule has 2 nitrogen and oxygen atoms in total. The van der Waals surface area contributed by atoms with Gasteiger partial charge in [-0.1, -0.05) is 32.6 Å². The van der Waals surface area contributed by atoms with Crippen LogP contribution in [0.3, 0.4) is 0 Å². The summed E-state index contributed by atoms with van der Waals surface area (Å²) < 4.78 is 6.28. The van der Waals surface area contributed by atoms with Gasteiger partial charge in [0.2, 0.25) is 0 Å². The van der Waals surface area contributed by atoms with Gasteiger partial charge >= 0.3 is 138 Å². The molecule has 1 aromatic rings. The van der Waals surface area contributed by atoms with Crippen LogP contribution in [-0.2, 0) is 10.7 Å². The van der Waals surface area contributed by atoms with E-state index in [2.05, 4.69) is 50.6 Å².